The second kappa shape index (κ2) is 6.53. The van der Waals surface area contributed by atoms with Crippen LogP contribution < -0.4 is 5.32 Å². The van der Waals surface area contributed by atoms with Crippen molar-refractivity contribution in [1.82, 2.24) is 15.1 Å². The van der Waals surface area contributed by atoms with Crippen molar-refractivity contribution in [3.8, 4) is 0 Å². The summed E-state index contributed by atoms with van der Waals surface area (Å²) >= 11 is 0. The Labute approximate surface area is 125 Å². The molecule has 2 rings (SSSR count). The maximum Gasteiger partial charge on any atom is 0.471 e. The Balaban J connectivity index is 1.89. The molecule has 0 bridgehead atoms. The molecule has 0 saturated carbocycles. The van der Waals surface area contributed by atoms with Gasteiger partial charge in [0.25, 0.3) is 0 Å². The van der Waals surface area contributed by atoms with E-state index in [1.54, 1.807) is 0 Å². The van der Waals surface area contributed by atoms with E-state index in [0.29, 0.717) is 19.5 Å². The minimum absolute atomic E-state index is 0.0134. The van der Waals surface area contributed by atoms with Gasteiger partial charge in [-0.3, -0.25) is 14.4 Å². The quantitative estimate of drug-likeness (QED) is 0.747. The van der Waals surface area contributed by atoms with Crippen LogP contribution in [0.3, 0.4) is 0 Å². The number of piperidine rings is 1. The molecular weight excluding hydrogens is 303 g/mol. The topological polar surface area (TPSA) is 69.7 Å². The van der Waals surface area contributed by atoms with Crippen molar-refractivity contribution < 1.29 is 27.6 Å². The summed E-state index contributed by atoms with van der Waals surface area (Å²) in [5.41, 5.74) is 0. The fourth-order valence-electron chi connectivity index (χ4n) is 2.76. The first-order valence-electron chi connectivity index (χ1n) is 7.20. The number of likely N-dealkylation sites (tertiary alicyclic amines) is 1. The maximum atomic E-state index is 12.4. The van der Waals surface area contributed by atoms with E-state index in [9.17, 15) is 27.6 Å². The molecule has 124 valence electrons. The van der Waals surface area contributed by atoms with Gasteiger partial charge < -0.3 is 15.1 Å². The lowest BCUT2D eigenvalue weighted by Crippen LogP contribution is -2.48. The van der Waals surface area contributed by atoms with Crippen LogP contribution in [0.2, 0.25) is 0 Å². The molecule has 0 aromatic heterocycles. The molecule has 0 aromatic carbocycles. The fraction of sp³-hybridized carbons (Fsp3) is 0.769. The normalized spacial score (nSPS) is 21.3. The lowest BCUT2D eigenvalue weighted by atomic mass is 9.95. The number of carbonyl (C=O) groups is 3. The van der Waals surface area contributed by atoms with Gasteiger partial charge >= 0.3 is 12.1 Å². The van der Waals surface area contributed by atoms with Crippen LogP contribution >= 0.6 is 0 Å². The summed E-state index contributed by atoms with van der Waals surface area (Å²) in [6.45, 7) is 0.782. The van der Waals surface area contributed by atoms with Crippen molar-refractivity contribution in [3.05, 3.63) is 0 Å². The largest absolute Gasteiger partial charge is 0.471 e. The van der Waals surface area contributed by atoms with Gasteiger partial charge in [0.15, 0.2) is 0 Å². The predicted octanol–water partition coefficient (Wildman–Crippen LogP) is 0.136. The molecule has 9 heteroatoms. The third-order valence-electron chi connectivity index (χ3n) is 3.95. The molecule has 0 atom stereocenters. The highest BCUT2D eigenvalue weighted by Gasteiger charge is 2.44. The molecule has 2 aliphatic heterocycles. The van der Waals surface area contributed by atoms with Gasteiger partial charge in [-0.25, -0.2) is 0 Å². The standard InChI is InChI=1S/C13H18F3N3O3/c14-13(15,16)12(22)18-6-2-9(3-7-18)11(21)19-5-1-4-17-10(20)8-19/h9H,1-8H2,(H,17,20). The number of rotatable bonds is 1. The van der Waals surface area contributed by atoms with Crippen LogP contribution in [0.15, 0.2) is 0 Å². The average Bonchev–Trinajstić information content (AvgIpc) is 2.69. The summed E-state index contributed by atoms with van der Waals surface area (Å²) < 4.78 is 37.1. The number of hydrogen-bond donors (Lipinski definition) is 1. The second-order valence-electron chi connectivity index (χ2n) is 5.53. The lowest BCUT2D eigenvalue weighted by Gasteiger charge is -2.33. The first-order chi connectivity index (χ1) is 10.3. The van der Waals surface area contributed by atoms with E-state index >= 15 is 0 Å². The van der Waals surface area contributed by atoms with E-state index in [2.05, 4.69) is 5.32 Å². The number of alkyl halides is 3. The highest BCUT2D eigenvalue weighted by Crippen LogP contribution is 2.25. The molecule has 2 heterocycles. The Morgan fingerprint density at radius 2 is 1.73 bits per heavy atom. The molecule has 2 aliphatic rings. The monoisotopic (exact) mass is 321 g/mol. The van der Waals surface area contributed by atoms with Crippen LogP contribution in [0.25, 0.3) is 0 Å². The molecule has 0 aliphatic carbocycles. The van der Waals surface area contributed by atoms with Crippen molar-refractivity contribution in [2.24, 2.45) is 5.92 Å². The first-order valence-corrected chi connectivity index (χ1v) is 7.20. The van der Waals surface area contributed by atoms with Gasteiger partial charge in [-0.15, -0.1) is 0 Å². The van der Waals surface area contributed by atoms with Gasteiger partial charge in [0.1, 0.15) is 0 Å². The van der Waals surface area contributed by atoms with Gasteiger partial charge in [0, 0.05) is 32.1 Å². The highest BCUT2D eigenvalue weighted by molar-refractivity contribution is 5.87. The van der Waals surface area contributed by atoms with Gasteiger partial charge in [0.2, 0.25) is 11.8 Å². The zero-order chi connectivity index (χ0) is 16.3. The fourth-order valence-corrected chi connectivity index (χ4v) is 2.76. The Hall–Kier alpha value is -1.80. The zero-order valence-electron chi connectivity index (χ0n) is 12.0. The second-order valence-corrected chi connectivity index (χ2v) is 5.53. The van der Waals surface area contributed by atoms with Crippen LogP contribution in [0.5, 0.6) is 0 Å². The molecule has 0 spiro atoms. The van der Waals surface area contributed by atoms with E-state index in [-0.39, 0.29) is 44.3 Å². The van der Waals surface area contributed by atoms with Gasteiger partial charge in [-0.05, 0) is 19.3 Å². The number of halogens is 3. The first kappa shape index (κ1) is 16.6. The molecule has 6 nitrogen and oxygen atoms in total. The summed E-state index contributed by atoms with van der Waals surface area (Å²) in [4.78, 5) is 37.1. The summed E-state index contributed by atoms with van der Waals surface area (Å²) in [6.07, 6.45) is -3.83. The molecule has 1 N–H and O–H groups in total. The van der Waals surface area contributed by atoms with Crippen LogP contribution in [0.4, 0.5) is 13.2 Å². The lowest BCUT2D eigenvalue weighted by molar-refractivity contribution is -0.187. The Bertz CT molecular complexity index is 459. The van der Waals surface area contributed by atoms with Crippen LogP contribution in [-0.2, 0) is 14.4 Å². The highest BCUT2D eigenvalue weighted by atomic mass is 19.4. The number of nitrogens with zero attached hydrogens (tertiary/aromatic N) is 2. The molecular formula is C13H18F3N3O3. The van der Waals surface area contributed by atoms with Crippen molar-refractivity contribution in [2.75, 3.05) is 32.7 Å². The Morgan fingerprint density at radius 3 is 2.32 bits per heavy atom. The third kappa shape index (κ3) is 3.89. The van der Waals surface area contributed by atoms with Gasteiger partial charge in [-0.1, -0.05) is 0 Å². The molecule has 2 saturated heterocycles. The van der Waals surface area contributed by atoms with Crippen molar-refractivity contribution in [2.45, 2.75) is 25.4 Å². The zero-order valence-corrected chi connectivity index (χ0v) is 12.0. The number of carbonyl (C=O) groups excluding carboxylic acids is 3. The summed E-state index contributed by atoms with van der Waals surface area (Å²) in [7, 11) is 0. The number of hydrogen-bond acceptors (Lipinski definition) is 3. The minimum Gasteiger partial charge on any atom is -0.354 e. The van der Waals surface area contributed by atoms with E-state index in [1.807, 2.05) is 0 Å². The number of nitrogens with one attached hydrogen (secondary N) is 1. The Morgan fingerprint density at radius 1 is 1.09 bits per heavy atom. The van der Waals surface area contributed by atoms with E-state index in [1.165, 1.54) is 4.90 Å². The predicted molar refractivity (Wildman–Crippen MR) is 69.6 cm³/mol. The summed E-state index contributed by atoms with van der Waals surface area (Å²) in [5, 5.41) is 2.66. The van der Waals surface area contributed by atoms with E-state index in [4.69, 9.17) is 0 Å². The SMILES string of the molecule is O=C1CN(C(=O)C2CCN(C(=O)C(F)(F)F)CC2)CCCN1. The minimum atomic E-state index is -4.88. The average molecular weight is 321 g/mol. The van der Waals surface area contributed by atoms with Crippen LogP contribution in [0, 0.1) is 5.92 Å². The third-order valence-corrected chi connectivity index (χ3v) is 3.95. The van der Waals surface area contributed by atoms with Crippen LogP contribution in [-0.4, -0.2) is 66.4 Å². The number of amides is 3. The van der Waals surface area contributed by atoms with Crippen molar-refractivity contribution in [3.63, 3.8) is 0 Å². The molecule has 0 radical (unpaired) electrons. The van der Waals surface area contributed by atoms with E-state index < -0.39 is 18.0 Å². The summed E-state index contributed by atoms with van der Waals surface area (Å²) in [6, 6.07) is 0. The molecule has 0 aromatic rings. The van der Waals surface area contributed by atoms with E-state index in [0.717, 1.165) is 4.90 Å². The smallest absolute Gasteiger partial charge is 0.354 e. The Kier molecular flexibility index (Phi) is 4.92. The molecule has 22 heavy (non-hydrogen) atoms. The van der Waals surface area contributed by atoms with Gasteiger partial charge in [-0.2, -0.15) is 13.2 Å². The van der Waals surface area contributed by atoms with Crippen molar-refractivity contribution in [1.29, 1.82) is 0 Å². The summed E-state index contributed by atoms with van der Waals surface area (Å²) in [5.74, 6) is -2.72. The molecule has 2 fully saturated rings. The molecule has 0 unspecified atom stereocenters. The van der Waals surface area contributed by atoms with Crippen LogP contribution in [0.1, 0.15) is 19.3 Å². The molecule has 3 amide bonds. The van der Waals surface area contributed by atoms with Crippen molar-refractivity contribution >= 4 is 17.7 Å². The van der Waals surface area contributed by atoms with Gasteiger partial charge in [0.05, 0.1) is 6.54 Å². The maximum absolute atomic E-state index is 12.4.